The SMILES string of the molecule is NC(=O)C1[C@H]2CN(c3ccccc3)C[C@@H]12.O=C(O)C1[C@H]2CN(c3ccccc3)C[C@@H]12. The van der Waals surface area contributed by atoms with Crippen LogP contribution in [0.3, 0.4) is 0 Å². The molecule has 0 radical (unpaired) electrons. The van der Waals surface area contributed by atoms with Crippen LogP contribution < -0.4 is 15.5 Å². The summed E-state index contributed by atoms with van der Waals surface area (Å²) in [6.07, 6.45) is 0. The van der Waals surface area contributed by atoms with E-state index in [4.69, 9.17) is 10.8 Å². The number of carbonyl (C=O) groups excluding carboxylic acids is 1. The molecule has 4 aliphatic rings. The second kappa shape index (κ2) is 7.35. The van der Waals surface area contributed by atoms with Crippen LogP contribution in [0.15, 0.2) is 60.7 Å². The molecule has 2 aliphatic heterocycles. The van der Waals surface area contributed by atoms with Crippen molar-refractivity contribution in [3.05, 3.63) is 60.7 Å². The molecular formula is C24H27N3O3. The maximum Gasteiger partial charge on any atom is 0.307 e. The Bertz CT molecular complexity index is 834. The second-order valence-corrected chi connectivity index (χ2v) is 8.93. The number of aliphatic carboxylic acids is 1. The Morgan fingerprint density at radius 3 is 1.40 bits per heavy atom. The molecule has 6 heteroatoms. The number of fused-ring (bicyclic) bond motifs is 2. The summed E-state index contributed by atoms with van der Waals surface area (Å²) in [4.78, 5) is 26.5. The number of hydrogen-bond donors (Lipinski definition) is 2. The fourth-order valence-electron chi connectivity index (χ4n) is 5.54. The molecule has 6 atom stereocenters. The van der Waals surface area contributed by atoms with Gasteiger partial charge in [-0.05, 0) is 47.9 Å². The summed E-state index contributed by atoms with van der Waals surface area (Å²) in [5, 5.41) is 8.90. The van der Waals surface area contributed by atoms with Crippen LogP contribution in [0.4, 0.5) is 11.4 Å². The molecule has 2 aliphatic carbocycles. The number of piperidine rings is 2. The standard InChI is InChI=1S/C12H14N2O.C12H13NO2/c13-12(15)11-9-6-14(7-10(9)11)8-4-2-1-3-5-8;14-12(15)11-9-6-13(7-10(9)11)8-4-2-1-3-5-8/h1-5,9-11H,6-7H2,(H2,13,15);1-5,9-11H,6-7H2,(H,14,15)/t2*9-,10+,11?. The van der Waals surface area contributed by atoms with Crippen molar-refractivity contribution in [1.29, 1.82) is 0 Å². The fourth-order valence-corrected chi connectivity index (χ4v) is 5.54. The van der Waals surface area contributed by atoms with Crippen LogP contribution in [0.25, 0.3) is 0 Å². The highest BCUT2D eigenvalue weighted by atomic mass is 16.4. The molecule has 6 rings (SSSR count). The summed E-state index contributed by atoms with van der Waals surface area (Å²) in [6, 6.07) is 20.6. The van der Waals surface area contributed by atoms with Crippen LogP contribution in [0.5, 0.6) is 0 Å². The summed E-state index contributed by atoms with van der Waals surface area (Å²) < 4.78 is 0. The maximum absolute atomic E-state index is 11.0. The molecule has 4 fully saturated rings. The first-order valence-corrected chi connectivity index (χ1v) is 10.7. The van der Waals surface area contributed by atoms with Gasteiger partial charge in [0.25, 0.3) is 0 Å². The number of hydrogen-bond acceptors (Lipinski definition) is 4. The summed E-state index contributed by atoms with van der Waals surface area (Å²) in [6.45, 7) is 3.79. The summed E-state index contributed by atoms with van der Waals surface area (Å²) in [7, 11) is 0. The molecular weight excluding hydrogens is 378 g/mol. The second-order valence-electron chi connectivity index (χ2n) is 8.93. The number of carbonyl (C=O) groups is 2. The van der Waals surface area contributed by atoms with E-state index in [1.807, 2.05) is 36.4 Å². The van der Waals surface area contributed by atoms with Crippen LogP contribution in [-0.4, -0.2) is 43.2 Å². The molecule has 2 aromatic rings. The first-order chi connectivity index (χ1) is 14.5. The van der Waals surface area contributed by atoms with E-state index in [1.54, 1.807) is 0 Å². The summed E-state index contributed by atoms with van der Waals surface area (Å²) in [5.74, 6) is 1.18. The molecule has 0 aromatic heterocycles. The van der Waals surface area contributed by atoms with E-state index < -0.39 is 5.97 Å². The minimum absolute atomic E-state index is 0.0648. The zero-order chi connectivity index (χ0) is 20.8. The van der Waals surface area contributed by atoms with Gasteiger partial charge in [-0.3, -0.25) is 9.59 Å². The summed E-state index contributed by atoms with van der Waals surface area (Å²) in [5.41, 5.74) is 7.79. The lowest BCUT2D eigenvalue weighted by molar-refractivity contribution is -0.139. The van der Waals surface area contributed by atoms with Crippen molar-refractivity contribution >= 4 is 23.3 Å². The van der Waals surface area contributed by atoms with Crippen LogP contribution >= 0.6 is 0 Å². The number of benzene rings is 2. The molecule has 30 heavy (non-hydrogen) atoms. The lowest BCUT2D eigenvalue weighted by Crippen LogP contribution is -2.28. The quantitative estimate of drug-likeness (QED) is 0.815. The van der Waals surface area contributed by atoms with Crippen LogP contribution in [0.2, 0.25) is 0 Å². The molecule has 2 saturated carbocycles. The average molecular weight is 405 g/mol. The van der Waals surface area contributed by atoms with Crippen molar-refractivity contribution in [2.75, 3.05) is 36.0 Å². The number of primary amides is 1. The molecule has 156 valence electrons. The van der Waals surface area contributed by atoms with Gasteiger partial charge in [0.1, 0.15) is 0 Å². The van der Waals surface area contributed by atoms with E-state index in [-0.39, 0.29) is 17.7 Å². The zero-order valence-electron chi connectivity index (χ0n) is 16.8. The van der Waals surface area contributed by atoms with Gasteiger partial charge in [0.05, 0.1) is 5.92 Å². The highest BCUT2D eigenvalue weighted by Crippen LogP contribution is 2.53. The lowest BCUT2D eigenvalue weighted by atomic mass is 10.2. The van der Waals surface area contributed by atoms with Gasteiger partial charge in [0.15, 0.2) is 0 Å². The van der Waals surface area contributed by atoms with Crippen molar-refractivity contribution in [2.45, 2.75) is 0 Å². The summed E-state index contributed by atoms with van der Waals surface area (Å²) >= 11 is 0. The van der Waals surface area contributed by atoms with Crippen LogP contribution in [-0.2, 0) is 9.59 Å². The number of para-hydroxylation sites is 2. The van der Waals surface area contributed by atoms with E-state index >= 15 is 0 Å². The molecule has 2 aromatic carbocycles. The lowest BCUT2D eigenvalue weighted by Gasteiger charge is -2.21. The Kier molecular flexibility index (Phi) is 4.65. The molecule has 0 spiro atoms. The van der Waals surface area contributed by atoms with Gasteiger partial charge in [-0.25, -0.2) is 0 Å². The van der Waals surface area contributed by atoms with Gasteiger partial charge in [0, 0.05) is 43.5 Å². The maximum atomic E-state index is 11.0. The van der Waals surface area contributed by atoms with Crippen molar-refractivity contribution in [1.82, 2.24) is 0 Å². The third-order valence-electron chi connectivity index (χ3n) is 7.24. The normalized spacial score (nSPS) is 32.5. The number of nitrogens with zero attached hydrogens (tertiary/aromatic N) is 2. The van der Waals surface area contributed by atoms with E-state index in [9.17, 15) is 9.59 Å². The van der Waals surface area contributed by atoms with E-state index in [0.717, 1.165) is 26.2 Å². The molecule has 1 amide bonds. The third kappa shape index (κ3) is 3.40. The van der Waals surface area contributed by atoms with E-state index in [0.29, 0.717) is 23.7 Å². The number of rotatable bonds is 4. The minimum atomic E-state index is -0.613. The highest BCUT2D eigenvalue weighted by Gasteiger charge is 2.60. The Labute approximate surface area is 176 Å². The Hall–Kier alpha value is -3.02. The van der Waals surface area contributed by atoms with Crippen molar-refractivity contribution in [3.63, 3.8) is 0 Å². The first-order valence-electron chi connectivity index (χ1n) is 10.7. The van der Waals surface area contributed by atoms with Crippen molar-refractivity contribution in [2.24, 2.45) is 41.2 Å². The van der Waals surface area contributed by atoms with Crippen LogP contribution in [0.1, 0.15) is 0 Å². The predicted octanol–water partition coefficient (Wildman–Crippen LogP) is 2.31. The smallest absolute Gasteiger partial charge is 0.307 e. The number of carboxylic acids is 1. The molecule has 0 bridgehead atoms. The van der Waals surface area contributed by atoms with Crippen LogP contribution in [0, 0.1) is 35.5 Å². The van der Waals surface area contributed by atoms with Gasteiger partial charge in [0.2, 0.25) is 5.91 Å². The van der Waals surface area contributed by atoms with Crippen molar-refractivity contribution < 1.29 is 14.7 Å². The number of carboxylic acid groups (broad SMARTS) is 1. The Morgan fingerprint density at radius 1 is 0.700 bits per heavy atom. The largest absolute Gasteiger partial charge is 0.481 e. The highest BCUT2D eigenvalue weighted by molar-refractivity contribution is 5.81. The van der Waals surface area contributed by atoms with Gasteiger partial charge in [-0.1, -0.05) is 36.4 Å². The van der Waals surface area contributed by atoms with Gasteiger partial charge in [-0.2, -0.15) is 0 Å². The number of nitrogens with two attached hydrogens (primary N) is 1. The molecule has 2 unspecified atom stereocenters. The topological polar surface area (TPSA) is 86.9 Å². The Balaban J connectivity index is 0.000000128. The first kappa shape index (κ1) is 19.0. The van der Waals surface area contributed by atoms with Crippen molar-refractivity contribution in [3.8, 4) is 0 Å². The van der Waals surface area contributed by atoms with Gasteiger partial charge >= 0.3 is 5.97 Å². The van der Waals surface area contributed by atoms with E-state index in [2.05, 4.69) is 34.1 Å². The molecule has 6 nitrogen and oxygen atoms in total. The number of amides is 1. The van der Waals surface area contributed by atoms with E-state index in [1.165, 1.54) is 11.4 Å². The minimum Gasteiger partial charge on any atom is -0.481 e. The third-order valence-corrected chi connectivity index (χ3v) is 7.24. The average Bonchev–Trinajstić information content (AvgIpc) is 3.50. The zero-order valence-corrected chi connectivity index (χ0v) is 16.8. The molecule has 2 heterocycles. The fraction of sp³-hybridized carbons (Fsp3) is 0.417. The van der Waals surface area contributed by atoms with Gasteiger partial charge in [-0.15, -0.1) is 0 Å². The predicted molar refractivity (Wildman–Crippen MR) is 115 cm³/mol. The monoisotopic (exact) mass is 405 g/mol. The Morgan fingerprint density at radius 2 is 1.07 bits per heavy atom. The molecule has 2 saturated heterocycles. The number of anilines is 2. The molecule has 3 N–H and O–H groups in total. The van der Waals surface area contributed by atoms with Gasteiger partial charge < -0.3 is 20.6 Å².